The van der Waals surface area contributed by atoms with Gasteiger partial charge in [-0.15, -0.1) is 0 Å². The van der Waals surface area contributed by atoms with Gasteiger partial charge in [0.05, 0.1) is 18.8 Å². The molecule has 3 atom stereocenters. The molecular weight excluding hydrogens is 339 g/mol. The first-order chi connectivity index (χ1) is 11.8. The number of halogens is 3. The molecule has 0 spiro atoms. The van der Waals surface area contributed by atoms with E-state index in [0.29, 0.717) is 18.2 Å². The van der Waals surface area contributed by atoms with E-state index in [1.807, 2.05) is 0 Å². The molecule has 1 saturated heterocycles. The van der Waals surface area contributed by atoms with Crippen LogP contribution in [0.3, 0.4) is 0 Å². The molecule has 5 nitrogen and oxygen atoms in total. The minimum Gasteiger partial charge on any atom is -0.475 e. The highest BCUT2D eigenvalue weighted by Gasteiger charge is 2.44. The van der Waals surface area contributed by atoms with E-state index in [0.717, 1.165) is 31.6 Å². The van der Waals surface area contributed by atoms with Gasteiger partial charge in [0, 0.05) is 25.7 Å². The molecule has 4 rings (SSSR count). The smallest absolute Gasteiger partial charge is 0.475 e. The summed E-state index contributed by atoms with van der Waals surface area (Å²) in [5.41, 5.74) is 0. The molecule has 1 heterocycles. The summed E-state index contributed by atoms with van der Waals surface area (Å²) in [4.78, 5) is 11.6. The van der Waals surface area contributed by atoms with Gasteiger partial charge in [0.25, 0.3) is 0 Å². The maximum atomic E-state index is 10.6. The Bertz CT molecular complexity index is 465. The lowest BCUT2D eigenvalue weighted by molar-refractivity contribution is -0.192. The molecule has 0 radical (unpaired) electrons. The Kier molecular flexibility index (Phi) is 5.90. The molecule has 2 bridgehead atoms. The molecule has 25 heavy (non-hydrogen) atoms. The number of fused-ring (bicyclic) bond motifs is 2. The molecule has 3 saturated carbocycles. The minimum atomic E-state index is -5.08. The molecule has 4 aliphatic rings. The van der Waals surface area contributed by atoms with Crippen LogP contribution in [0.1, 0.15) is 38.5 Å². The van der Waals surface area contributed by atoms with E-state index in [4.69, 9.17) is 19.4 Å². The molecule has 0 aromatic rings. The molecule has 8 heteroatoms. The van der Waals surface area contributed by atoms with Crippen LogP contribution in [0, 0.1) is 11.8 Å². The Morgan fingerprint density at radius 3 is 2.32 bits per heavy atom. The van der Waals surface area contributed by atoms with Crippen molar-refractivity contribution in [2.45, 2.75) is 63.0 Å². The summed E-state index contributed by atoms with van der Waals surface area (Å²) in [5.74, 6) is -0.914. The van der Waals surface area contributed by atoms with Crippen molar-refractivity contribution in [1.29, 1.82) is 0 Å². The summed E-state index contributed by atoms with van der Waals surface area (Å²) in [6.07, 6.45) is 3.82. The quantitative estimate of drug-likeness (QED) is 0.812. The lowest BCUT2D eigenvalue weighted by Crippen LogP contribution is -2.44. The Morgan fingerprint density at radius 2 is 1.76 bits per heavy atom. The lowest BCUT2D eigenvalue weighted by Gasteiger charge is -2.31. The highest BCUT2D eigenvalue weighted by Crippen LogP contribution is 2.37. The van der Waals surface area contributed by atoms with E-state index < -0.39 is 12.1 Å². The molecule has 0 aromatic heterocycles. The molecule has 3 aliphatic carbocycles. The summed E-state index contributed by atoms with van der Waals surface area (Å²) in [5, 5.41) is 7.12. The summed E-state index contributed by atoms with van der Waals surface area (Å²) in [6, 6.07) is 0.650. The second kappa shape index (κ2) is 7.80. The summed E-state index contributed by atoms with van der Waals surface area (Å²) >= 11 is 0. The number of carboxylic acids is 1. The standard InChI is InChI=1S/C15H25NO2.C2HF3O2/c1-2-11(1)9-16-7-8-17-14-6-5-13(16)15(14)18-10-12-3-4-12;3-2(4,5)1(6)7/h11-15H,1-10H2;(H,6,7). The number of carboxylic acid groups (broad SMARTS) is 1. The van der Waals surface area contributed by atoms with Crippen molar-refractivity contribution in [3.63, 3.8) is 0 Å². The van der Waals surface area contributed by atoms with Gasteiger partial charge in [-0.1, -0.05) is 0 Å². The van der Waals surface area contributed by atoms with Gasteiger partial charge in [0.1, 0.15) is 0 Å². The highest BCUT2D eigenvalue weighted by molar-refractivity contribution is 5.73. The van der Waals surface area contributed by atoms with Gasteiger partial charge >= 0.3 is 12.1 Å². The molecule has 1 aliphatic heterocycles. The zero-order valence-corrected chi connectivity index (χ0v) is 14.2. The monoisotopic (exact) mass is 365 g/mol. The fraction of sp³-hybridized carbons (Fsp3) is 0.941. The zero-order chi connectivity index (χ0) is 18.0. The number of carbonyl (C=O) groups is 1. The van der Waals surface area contributed by atoms with Crippen molar-refractivity contribution in [3.05, 3.63) is 0 Å². The number of aliphatic carboxylic acids is 1. The molecule has 144 valence electrons. The van der Waals surface area contributed by atoms with Gasteiger partial charge in [-0.3, -0.25) is 4.90 Å². The van der Waals surface area contributed by atoms with E-state index in [1.54, 1.807) is 0 Å². The number of hydrogen-bond acceptors (Lipinski definition) is 4. The fourth-order valence-corrected chi connectivity index (χ4v) is 3.58. The van der Waals surface area contributed by atoms with Gasteiger partial charge in [0.15, 0.2) is 0 Å². The van der Waals surface area contributed by atoms with Crippen LogP contribution in [0.2, 0.25) is 0 Å². The average molecular weight is 365 g/mol. The Morgan fingerprint density at radius 1 is 1.12 bits per heavy atom. The summed E-state index contributed by atoms with van der Waals surface area (Å²) in [7, 11) is 0. The van der Waals surface area contributed by atoms with Crippen molar-refractivity contribution in [2.75, 3.05) is 26.3 Å². The average Bonchev–Trinajstić information content (AvgIpc) is 3.41. The molecule has 3 unspecified atom stereocenters. The summed E-state index contributed by atoms with van der Waals surface area (Å²) < 4.78 is 44.0. The van der Waals surface area contributed by atoms with E-state index in [-0.39, 0.29) is 0 Å². The van der Waals surface area contributed by atoms with E-state index in [1.165, 1.54) is 45.1 Å². The molecule has 0 amide bonds. The van der Waals surface area contributed by atoms with E-state index >= 15 is 0 Å². The number of nitrogens with zero attached hydrogens (tertiary/aromatic N) is 1. The van der Waals surface area contributed by atoms with Crippen LogP contribution in [0.25, 0.3) is 0 Å². The number of rotatable bonds is 5. The van der Waals surface area contributed by atoms with Crippen molar-refractivity contribution >= 4 is 5.97 Å². The first-order valence-electron chi connectivity index (χ1n) is 9.12. The largest absolute Gasteiger partial charge is 0.490 e. The van der Waals surface area contributed by atoms with Gasteiger partial charge in [0.2, 0.25) is 0 Å². The van der Waals surface area contributed by atoms with E-state index in [9.17, 15) is 13.2 Å². The first kappa shape index (κ1) is 18.9. The molecular formula is C17H26F3NO4. The topological polar surface area (TPSA) is 59.0 Å². The third-order valence-corrected chi connectivity index (χ3v) is 5.33. The predicted octanol–water partition coefficient (Wildman–Crippen LogP) is 2.69. The van der Waals surface area contributed by atoms with Crippen LogP contribution in [0.5, 0.6) is 0 Å². The van der Waals surface area contributed by atoms with Crippen molar-refractivity contribution in [2.24, 2.45) is 11.8 Å². The predicted molar refractivity (Wildman–Crippen MR) is 83.2 cm³/mol. The molecule has 4 fully saturated rings. The number of hydrogen-bond donors (Lipinski definition) is 1. The zero-order valence-electron chi connectivity index (χ0n) is 14.2. The normalized spacial score (nSPS) is 32.7. The highest BCUT2D eigenvalue weighted by atomic mass is 19.4. The number of ether oxygens (including phenoxy) is 2. The van der Waals surface area contributed by atoms with Crippen molar-refractivity contribution < 1.29 is 32.5 Å². The van der Waals surface area contributed by atoms with Crippen LogP contribution in [0.15, 0.2) is 0 Å². The van der Waals surface area contributed by atoms with Crippen LogP contribution in [-0.2, 0) is 14.3 Å². The minimum absolute atomic E-state index is 0.367. The van der Waals surface area contributed by atoms with Gasteiger partial charge < -0.3 is 14.6 Å². The van der Waals surface area contributed by atoms with Crippen molar-refractivity contribution in [1.82, 2.24) is 4.90 Å². The van der Waals surface area contributed by atoms with Crippen molar-refractivity contribution in [3.8, 4) is 0 Å². The Labute approximate surface area is 145 Å². The molecule has 0 aromatic carbocycles. The third-order valence-electron chi connectivity index (χ3n) is 5.33. The van der Waals surface area contributed by atoms with Gasteiger partial charge in [-0.2, -0.15) is 13.2 Å². The van der Waals surface area contributed by atoms with Crippen LogP contribution >= 0.6 is 0 Å². The van der Waals surface area contributed by atoms with Crippen LogP contribution < -0.4 is 0 Å². The lowest BCUT2D eigenvalue weighted by atomic mass is 10.1. The van der Waals surface area contributed by atoms with E-state index in [2.05, 4.69) is 4.90 Å². The first-order valence-corrected chi connectivity index (χ1v) is 9.12. The summed E-state index contributed by atoms with van der Waals surface area (Å²) in [6.45, 7) is 4.32. The third kappa shape index (κ3) is 5.56. The molecule has 1 N–H and O–H groups in total. The SMILES string of the molecule is C1CN(CC2CC2)C2CCC(O1)C2OCC1CC1.O=C(O)C(F)(F)F. The van der Waals surface area contributed by atoms with Gasteiger partial charge in [-0.05, 0) is 50.4 Å². The second-order valence-corrected chi connectivity index (χ2v) is 7.54. The Balaban J connectivity index is 0.000000225. The number of alkyl halides is 3. The maximum absolute atomic E-state index is 10.6. The van der Waals surface area contributed by atoms with Crippen LogP contribution in [-0.4, -0.2) is 66.7 Å². The maximum Gasteiger partial charge on any atom is 0.490 e. The second-order valence-electron chi connectivity index (χ2n) is 7.54. The Hall–Kier alpha value is -0.860. The van der Waals surface area contributed by atoms with Crippen LogP contribution in [0.4, 0.5) is 13.2 Å². The fourth-order valence-electron chi connectivity index (χ4n) is 3.58. The van der Waals surface area contributed by atoms with Gasteiger partial charge in [-0.25, -0.2) is 4.79 Å².